The highest BCUT2D eigenvalue weighted by atomic mass is 32.2. The summed E-state index contributed by atoms with van der Waals surface area (Å²) < 4.78 is 41.4. The molecule has 0 radical (unpaired) electrons. The SMILES string of the molecule is CCOC(=O)[C@@H](N[SH]=O)c1cc(F)ccc1OCOC. The largest absolute Gasteiger partial charge is 0.467 e. The average Bonchev–Trinajstić information content (AvgIpc) is 2.43. The fraction of sp³-hybridized carbons (Fsp3) is 0.417. The maximum atomic E-state index is 13.4. The van der Waals surface area contributed by atoms with Gasteiger partial charge in [-0.2, -0.15) is 0 Å². The lowest BCUT2D eigenvalue weighted by molar-refractivity contribution is -0.145. The Morgan fingerprint density at radius 1 is 1.50 bits per heavy atom. The minimum atomic E-state index is -1.10. The Morgan fingerprint density at radius 2 is 2.25 bits per heavy atom. The summed E-state index contributed by atoms with van der Waals surface area (Å²) in [5, 5.41) is 0. The number of benzene rings is 1. The van der Waals surface area contributed by atoms with Crippen LogP contribution in [-0.4, -0.2) is 30.7 Å². The minimum Gasteiger partial charge on any atom is -0.467 e. The molecule has 0 aliphatic rings. The standard InChI is InChI=1S/C12H16FNO5S/c1-3-18-12(15)11(14-20-16)9-6-8(13)4-5-10(9)19-7-17-2/h4-6,11,20H,3,7H2,1-2H3,(H,14,16)/t11-/m0/s1. The predicted octanol–water partition coefficient (Wildman–Crippen LogP) is 0.862. The van der Waals surface area contributed by atoms with E-state index in [0.29, 0.717) is 0 Å². The number of hydrogen-bond acceptors (Lipinski definition) is 5. The zero-order chi connectivity index (χ0) is 15.0. The number of carbonyl (C=O) groups excluding carboxylic acids is 1. The summed E-state index contributed by atoms with van der Waals surface area (Å²) in [6, 6.07) is 2.56. The predicted molar refractivity (Wildman–Crippen MR) is 71.0 cm³/mol. The van der Waals surface area contributed by atoms with Gasteiger partial charge in [-0.05, 0) is 25.1 Å². The normalized spacial score (nSPS) is 11.9. The summed E-state index contributed by atoms with van der Waals surface area (Å²) in [6.07, 6.45) is 0. The van der Waals surface area contributed by atoms with Crippen LogP contribution in [0.2, 0.25) is 0 Å². The number of thiol groups is 1. The van der Waals surface area contributed by atoms with Crippen LogP contribution in [0, 0.1) is 5.82 Å². The molecule has 112 valence electrons. The second-order valence-electron chi connectivity index (χ2n) is 3.64. The smallest absolute Gasteiger partial charge is 0.328 e. The lowest BCUT2D eigenvalue weighted by atomic mass is 10.1. The summed E-state index contributed by atoms with van der Waals surface area (Å²) >= 11 is -0.483. The molecule has 0 unspecified atom stereocenters. The highest BCUT2D eigenvalue weighted by Gasteiger charge is 2.25. The number of hydrogen-bond donors (Lipinski definition) is 2. The van der Waals surface area contributed by atoms with Crippen LogP contribution in [0.3, 0.4) is 0 Å². The first-order chi connectivity index (χ1) is 9.63. The van der Waals surface area contributed by atoms with Crippen molar-refractivity contribution in [2.75, 3.05) is 20.5 Å². The second kappa shape index (κ2) is 8.62. The van der Waals surface area contributed by atoms with E-state index in [1.165, 1.54) is 19.2 Å². The fourth-order valence-electron chi connectivity index (χ4n) is 1.53. The van der Waals surface area contributed by atoms with Gasteiger partial charge in [-0.1, -0.05) is 0 Å². The summed E-state index contributed by atoms with van der Waals surface area (Å²) in [5.74, 6) is -0.991. The molecule has 1 aromatic carbocycles. The quantitative estimate of drug-likeness (QED) is 0.423. The summed E-state index contributed by atoms with van der Waals surface area (Å²) in [4.78, 5) is 11.8. The van der Waals surface area contributed by atoms with Crippen LogP contribution in [0.5, 0.6) is 5.75 Å². The lowest BCUT2D eigenvalue weighted by Crippen LogP contribution is -2.28. The van der Waals surface area contributed by atoms with E-state index in [2.05, 4.69) is 4.72 Å². The molecule has 1 atom stereocenters. The van der Waals surface area contributed by atoms with Crippen molar-refractivity contribution < 1.29 is 27.6 Å². The Labute approximate surface area is 119 Å². The third kappa shape index (κ3) is 4.55. The average molecular weight is 305 g/mol. The van der Waals surface area contributed by atoms with Gasteiger partial charge in [0.1, 0.15) is 17.6 Å². The van der Waals surface area contributed by atoms with Crippen LogP contribution in [-0.2, 0) is 26.1 Å². The number of halogens is 1. The van der Waals surface area contributed by atoms with Crippen molar-refractivity contribution >= 4 is 17.8 Å². The first kappa shape index (κ1) is 16.5. The van der Waals surface area contributed by atoms with Crippen LogP contribution in [0.15, 0.2) is 18.2 Å². The molecule has 0 saturated heterocycles. The highest BCUT2D eigenvalue weighted by Crippen LogP contribution is 2.27. The van der Waals surface area contributed by atoms with Gasteiger partial charge in [0, 0.05) is 12.7 Å². The van der Waals surface area contributed by atoms with Crippen LogP contribution < -0.4 is 9.46 Å². The van der Waals surface area contributed by atoms with E-state index in [-0.39, 0.29) is 24.7 Å². The van der Waals surface area contributed by atoms with Gasteiger partial charge in [0.05, 0.1) is 18.5 Å². The Kier molecular flexibility index (Phi) is 7.13. The van der Waals surface area contributed by atoms with Crippen LogP contribution in [0.25, 0.3) is 0 Å². The van der Waals surface area contributed by atoms with E-state index in [1.54, 1.807) is 6.92 Å². The fourth-order valence-corrected chi connectivity index (χ4v) is 1.88. The molecule has 0 amide bonds. The van der Waals surface area contributed by atoms with Gasteiger partial charge in [0.25, 0.3) is 0 Å². The van der Waals surface area contributed by atoms with Gasteiger partial charge < -0.3 is 14.2 Å². The topological polar surface area (TPSA) is 73.9 Å². The molecule has 0 bridgehead atoms. The van der Waals surface area contributed by atoms with Crippen molar-refractivity contribution in [3.63, 3.8) is 0 Å². The molecule has 0 aliphatic heterocycles. The molecular weight excluding hydrogens is 289 g/mol. The maximum absolute atomic E-state index is 13.4. The van der Waals surface area contributed by atoms with Gasteiger partial charge in [0.15, 0.2) is 6.79 Å². The number of ether oxygens (including phenoxy) is 3. The molecule has 0 aromatic heterocycles. The third-order valence-corrected chi connectivity index (χ3v) is 2.68. The van der Waals surface area contributed by atoms with E-state index in [1.807, 2.05) is 0 Å². The molecule has 0 spiro atoms. The van der Waals surface area contributed by atoms with Gasteiger partial charge in [-0.3, -0.25) is 0 Å². The van der Waals surface area contributed by atoms with Gasteiger partial charge in [-0.15, -0.1) is 0 Å². The second-order valence-corrected chi connectivity index (χ2v) is 4.08. The molecule has 8 heteroatoms. The summed E-state index contributed by atoms with van der Waals surface area (Å²) in [6.45, 7) is 1.72. The van der Waals surface area contributed by atoms with Crippen molar-refractivity contribution in [1.82, 2.24) is 4.72 Å². The van der Waals surface area contributed by atoms with Crippen molar-refractivity contribution in [3.8, 4) is 5.75 Å². The minimum absolute atomic E-state index is 0.0662. The molecule has 0 heterocycles. The molecule has 1 rings (SSSR count). The molecule has 6 nitrogen and oxygen atoms in total. The molecule has 0 fully saturated rings. The molecular formula is C12H16FNO5S. The number of nitrogens with one attached hydrogen (secondary N) is 1. The Morgan fingerprint density at radius 3 is 2.85 bits per heavy atom. The zero-order valence-electron chi connectivity index (χ0n) is 11.1. The monoisotopic (exact) mass is 305 g/mol. The van der Waals surface area contributed by atoms with E-state index in [4.69, 9.17) is 14.2 Å². The van der Waals surface area contributed by atoms with Crippen molar-refractivity contribution in [1.29, 1.82) is 0 Å². The van der Waals surface area contributed by atoms with Crippen molar-refractivity contribution in [3.05, 3.63) is 29.6 Å². The van der Waals surface area contributed by atoms with E-state index >= 15 is 0 Å². The van der Waals surface area contributed by atoms with Crippen molar-refractivity contribution in [2.24, 2.45) is 0 Å². The van der Waals surface area contributed by atoms with E-state index < -0.39 is 29.7 Å². The lowest BCUT2D eigenvalue weighted by Gasteiger charge is -2.18. The summed E-state index contributed by atoms with van der Waals surface area (Å²) in [7, 11) is 1.43. The molecule has 0 aliphatic carbocycles. The molecule has 1 aromatic rings. The van der Waals surface area contributed by atoms with Crippen LogP contribution in [0.4, 0.5) is 4.39 Å². The Bertz CT molecular complexity index is 471. The summed E-state index contributed by atoms with van der Waals surface area (Å²) in [5.41, 5.74) is 0.184. The number of rotatable bonds is 8. The van der Waals surface area contributed by atoms with Gasteiger partial charge >= 0.3 is 5.97 Å². The zero-order valence-corrected chi connectivity index (χ0v) is 12.0. The van der Waals surface area contributed by atoms with Gasteiger partial charge in [-0.25, -0.2) is 18.1 Å². The number of carbonyl (C=O) groups is 1. The molecule has 1 N–H and O–H groups in total. The van der Waals surface area contributed by atoms with E-state index in [0.717, 1.165) is 6.07 Å². The van der Waals surface area contributed by atoms with Gasteiger partial charge in [0.2, 0.25) is 0 Å². The molecule has 0 saturated carbocycles. The molecule has 20 heavy (non-hydrogen) atoms. The van der Waals surface area contributed by atoms with Crippen LogP contribution in [0.1, 0.15) is 18.5 Å². The number of esters is 1. The number of methoxy groups -OCH3 is 1. The highest BCUT2D eigenvalue weighted by molar-refractivity contribution is 7.63. The maximum Gasteiger partial charge on any atom is 0.328 e. The van der Waals surface area contributed by atoms with E-state index in [9.17, 15) is 13.4 Å². The Hall–Kier alpha value is -1.51. The third-order valence-electron chi connectivity index (χ3n) is 2.32. The first-order valence-electron chi connectivity index (χ1n) is 5.79. The first-order valence-corrected chi connectivity index (χ1v) is 6.61. The van der Waals surface area contributed by atoms with Crippen molar-refractivity contribution in [2.45, 2.75) is 13.0 Å². The Balaban J connectivity index is 3.12. The van der Waals surface area contributed by atoms with Crippen LogP contribution >= 0.6 is 0 Å².